The van der Waals surface area contributed by atoms with E-state index >= 15 is 0 Å². The Morgan fingerprint density at radius 1 is 0.909 bits per heavy atom. The summed E-state index contributed by atoms with van der Waals surface area (Å²) < 4.78 is 34.3. The number of ether oxygens (including phenoxy) is 2. The number of hydrogen-bond donors (Lipinski definition) is 0. The van der Waals surface area contributed by atoms with Crippen LogP contribution in [0.1, 0.15) is 65.0 Å². The van der Waals surface area contributed by atoms with Gasteiger partial charge in [0.2, 0.25) is 5.85 Å². The maximum Gasteiger partial charge on any atom is 0.374 e. The van der Waals surface area contributed by atoms with Gasteiger partial charge in [0.1, 0.15) is 0 Å². The third kappa shape index (κ3) is 10.2. The van der Waals surface area contributed by atoms with E-state index in [0.717, 1.165) is 31.3 Å². The zero-order chi connectivity index (χ0) is 24.9. The number of carbonyl (C=O) groups is 1. The molecule has 0 saturated heterocycles. The van der Waals surface area contributed by atoms with Gasteiger partial charge in [0.25, 0.3) is 0 Å². The van der Waals surface area contributed by atoms with Crippen molar-refractivity contribution in [2.24, 2.45) is 0 Å². The summed E-state index contributed by atoms with van der Waals surface area (Å²) in [6.07, 6.45) is 8.76. The molecule has 0 aliphatic rings. The molecule has 184 valence electrons. The number of methoxy groups -OCH3 is 1. The summed E-state index contributed by atoms with van der Waals surface area (Å²) in [5, 5.41) is 0. The van der Waals surface area contributed by atoms with Gasteiger partial charge < -0.3 is 18.5 Å². The fraction of sp³-hybridized carbons (Fsp3) is 0.500. The first-order valence-electron chi connectivity index (χ1n) is 11.1. The van der Waals surface area contributed by atoms with Gasteiger partial charge in [-0.1, -0.05) is 59.2 Å². The second kappa shape index (κ2) is 15.0. The zero-order valence-electron chi connectivity index (χ0n) is 21.0. The highest BCUT2D eigenvalue weighted by atomic mass is 31.2. The van der Waals surface area contributed by atoms with Crippen molar-refractivity contribution < 1.29 is 27.9 Å². The third-order valence-corrected chi connectivity index (χ3v) is 7.06. The van der Waals surface area contributed by atoms with Crippen LogP contribution in [0.3, 0.4) is 0 Å². The van der Waals surface area contributed by atoms with Crippen LogP contribution >= 0.6 is 7.60 Å². The summed E-state index contributed by atoms with van der Waals surface area (Å²) in [5.41, 5.74) is 4.21. The van der Waals surface area contributed by atoms with Crippen molar-refractivity contribution >= 4 is 13.6 Å². The van der Waals surface area contributed by atoms with Gasteiger partial charge in [-0.05, 0) is 65.0 Å². The summed E-state index contributed by atoms with van der Waals surface area (Å²) in [4.78, 5) is 12.9. The van der Waals surface area contributed by atoms with Crippen LogP contribution in [-0.2, 0) is 27.9 Å². The molecule has 0 aliphatic heterocycles. The van der Waals surface area contributed by atoms with Crippen LogP contribution in [0.2, 0.25) is 0 Å². The number of rotatable bonds is 14. The minimum atomic E-state index is -3.71. The molecule has 6 nitrogen and oxygen atoms in total. The van der Waals surface area contributed by atoms with E-state index < -0.39 is 25.5 Å². The van der Waals surface area contributed by atoms with E-state index in [1.54, 1.807) is 30.3 Å². The molecule has 0 aromatic heterocycles. The first kappa shape index (κ1) is 29.1. The predicted molar refractivity (Wildman–Crippen MR) is 133 cm³/mol. The van der Waals surface area contributed by atoms with Crippen LogP contribution < -0.4 is 0 Å². The zero-order valence-corrected chi connectivity index (χ0v) is 21.9. The molecule has 33 heavy (non-hydrogen) atoms. The highest BCUT2D eigenvalue weighted by Crippen LogP contribution is 2.53. The Bertz CT molecular complexity index is 860. The minimum Gasteiger partial charge on any atom is -0.443 e. The summed E-state index contributed by atoms with van der Waals surface area (Å²) in [5.74, 6) is -1.84. The lowest BCUT2D eigenvalue weighted by Gasteiger charge is -2.24. The topological polar surface area (TPSA) is 71.1 Å². The van der Waals surface area contributed by atoms with Gasteiger partial charge >= 0.3 is 13.6 Å². The molecule has 0 amide bonds. The Balaban J connectivity index is 2.94. The molecule has 0 radical (unpaired) electrons. The van der Waals surface area contributed by atoms with Gasteiger partial charge in [-0.2, -0.15) is 0 Å². The van der Waals surface area contributed by atoms with Crippen LogP contribution in [0, 0.1) is 0 Å². The SMILES string of the molecule is CO[C@H](C(=O)O[C@@H](/C=C(\C)CC/C=C(\C)CCC=C(C)C)P(=O)(OC)OC)c1ccccc1. The Morgan fingerprint density at radius 3 is 2.03 bits per heavy atom. The normalized spacial score (nSPS) is 14.5. The van der Waals surface area contributed by atoms with Crippen molar-refractivity contribution in [3.8, 4) is 0 Å². The maximum absolute atomic E-state index is 13.1. The van der Waals surface area contributed by atoms with E-state index in [2.05, 4.69) is 32.9 Å². The second-order valence-electron chi connectivity index (χ2n) is 8.18. The van der Waals surface area contributed by atoms with Crippen LogP contribution in [0.4, 0.5) is 0 Å². The highest BCUT2D eigenvalue weighted by molar-refractivity contribution is 7.54. The van der Waals surface area contributed by atoms with E-state index in [4.69, 9.17) is 18.5 Å². The number of allylic oxidation sites excluding steroid dienone is 5. The van der Waals surface area contributed by atoms with Gasteiger partial charge in [-0.25, -0.2) is 4.79 Å². The summed E-state index contributed by atoms with van der Waals surface area (Å²) in [6.45, 7) is 8.24. The van der Waals surface area contributed by atoms with Crippen molar-refractivity contribution in [3.63, 3.8) is 0 Å². The first-order chi connectivity index (χ1) is 15.7. The molecule has 0 fully saturated rings. The Kier molecular flexibility index (Phi) is 13.2. The van der Waals surface area contributed by atoms with E-state index in [1.807, 2.05) is 13.0 Å². The molecule has 0 heterocycles. The summed E-state index contributed by atoms with van der Waals surface area (Å²) >= 11 is 0. The Morgan fingerprint density at radius 2 is 1.48 bits per heavy atom. The lowest BCUT2D eigenvalue weighted by atomic mass is 10.1. The first-order valence-corrected chi connectivity index (χ1v) is 12.7. The van der Waals surface area contributed by atoms with Crippen molar-refractivity contribution in [1.29, 1.82) is 0 Å². The second-order valence-corrected chi connectivity index (χ2v) is 10.5. The van der Waals surface area contributed by atoms with Gasteiger partial charge in [0, 0.05) is 21.3 Å². The summed E-state index contributed by atoms with van der Waals surface area (Å²) in [7, 11) is 0.262. The lowest BCUT2D eigenvalue weighted by molar-refractivity contribution is -0.157. The van der Waals surface area contributed by atoms with Crippen molar-refractivity contribution in [1.82, 2.24) is 0 Å². The molecule has 0 aliphatic carbocycles. The molecule has 0 spiro atoms. The van der Waals surface area contributed by atoms with Crippen LogP contribution in [0.25, 0.3) is 0 Å². The maximum atomic E-state index is 13.1. The van der Waals surface area contributed by atoms with Crippen molar-refractivity contribution in [2.75, 3.05) is 21.3 Å². The van der Waals surface area contributed by atoms with Crippen molar-refractivity contribution in [2.45, 2.75) is 65.3 Å². The number of hydrogen-bond acceptors (Lipinski definition) is 6. The Labute approximate surface area is 199 Å². The molecule has 2 atom stereocenters. The van der Waals surface area contributed by atoms with Crippen LogP contribution in [-0.4, -0.2) is 33.1 Å². The van der Waals surface area contributed by atoms with E-state index in [0.29, 0.717) is 5.56 Å². The van der Waals surface area contributed by atoms with E-state index in [1.165, 1.54) is 32.5 Å². The molecule has 1 aromatic carbocycles. The van der Waals surface area contributed by atoms with Crippen LogP contribution in [0.15, 0.2) is 65.3 Å². The fourth-order valence-corrected chi connectivity index (χ4v) is 4.45. The van der Waals surface area contributed by atoms with E-state index in [-0.39, 0.29) is 0 Å². The van der Waals surface area contributed by atoms with Gasteiger partial charge in [0.15, 0.2) is 6.10 Å². The molecule has 1 rings (SSSR count). The molecule has 1 aromatic rings. The predicted octanol–water partition coefficient (Wildman–Crippen LogP) is 7.15. The monoisotopic (exact) mass is 478 g/mol. The number of carbonyl (C=O) groups excluding carboxylic acids is 1. The lowest BCUT2D eigenvalue weighted by Crippen LogP contribution is -2.24. The minimum absolute atomic E-state index is 0.642. The van der Waals surface area contributed by atoms with Crippen LogP contribution in [0.5, 0.6) is 0 Å². The molecule has 0 saturated carbocycles. The van der Waals surface area contributed by atoms with Gasteiger partial charge in [-0.15, -0.1) is 0 Å². The van der Waals surface area contributed by atoms with Gasteiger partial charge in [-0.3, -0.25) is 4.57 Å². The molecular formula is C26H39O6P. The highest BCUT2D eigenvalue weighted by Gasteiger charge is 2.38. The average molecular weight is 479 g/mol. The van der Waals surface area contributed by atoms with Gasteiger partial charge in [0.05, 0.1) is 0 Å². The standard InChI is InChI=1S/C26H39O6P/c1-20(2)13-11-14-21(3)15-12-16-22(4)19-24(33(28,30-6)31-7)32-26(27)25(29-5)23-17-9-8-10-18-23/h8-10,13,15,17-19,24-25H,11-12,14,16H2,1-7H3/b21-15+,22-19+/t24-,25+/m1/s1. The smallest absolute Gasteiger partial charge is 0.374 e. The number of esters is 1. The molecule has 0 unspecified atom stereocenters. The molecular weight excluding hydrogens is 439 g/mol. The molecule has 7 heteroatoms. The fourth-order valence-electron chi connectivity index (χ4n) is 3.21. The molecule has 0 bridgehead atoms. The van der Waals surface area contributed by atoms with E-state index in [9.17, 15) is 9.36 Å². The van der Waals surface area contributed by atoms with Crippen molar-refractivity contribution in [3.05, 3.63) is 70.8 Å². The third-order valence-electron chi connectivity index (χ3n) is 5.16. The molecule has 0 N–H and O–H groups in total. The average Bonchev–Trinajstić information content (AvgIpc) is 2.79. The largest absolute Gasteiger partial charge is 0.443 e. The number of benzene rings is 1. The summed E-state index contributed by atoms with van der Waals surface area (Å²) in [6, 6.07) is 8.99. The Hall–Kier alpha value is -1.98. The quantitative estimate of drug-likeness (QED) is 0.161.